The van der Waals surface area contributed by atoms with Crippen molar-refractivity contribution in [2.75, 3.05) is 6.54 Å². The van der Waals surface area contributed by atoms with Gasteiger partial charge in [0.1, 0.15) is 0 Å². The van der Waals surface area contributed by atoms with Crippen LogP contribution in [0.1, 0.15) is 55.7 Å². The van der Waals surface area contributed by atoms with Crippen LogP contribution in [0.4, 0.5) is 0 Å². The van der Waals surface area contributed by atoms with Gasteiger partial charge >= 0.3 is 0 Å². The molecule has 2 aromatic heterocycles. The van der Waals surface area contributed by atoms with Crippen LogP contribution in [0.15, 0.2) is 9.05 Å². The highest BCUT2D eigenvalue weighted by atomic mass is 16.5. The molecule has 1 aliphatic rings. The summed E-state index contributed by atoms with van der Waals surface area (Å²) in [6, 6.07) is 0.189. The molecule has 108 valence electrons. The average Bonchev–Trinajstić information content (AvgIpc) is 3.12. The number of nitrogens with zero attached hydrogens (tertiary/aromatic N) is 5. The second-order valence-corrected chi connectivity index (χ2v) is 5.15. The number of hydrogen-bond donors (Lipinski definition) is 0. The van der Waals surface area contributed by atoms with E-state index < -0.39 is 0 Å². The van der Waals surface area contributed by atoms with Crippen molar-refractivity contribution in [3.05, 3.63) is 23.4 Å². The van der Waals surface area contributed by atoms with Crippen molar-refractivity contribution < 1.29 is 9.05 Å². The van der Waals surface area contributed by atoms with Crippen LogP contribution in [-0.4, -0.2) is 31.7 Å². The first kappa shape index (κ1) is 13.2. The first-order chi connectivity index (χ1) is 9.76. The van der Waals surface area contributed by atoms with Crippen LogP contribution in [0.3, 0.4) is 0 Å². The normalized spacial score (nSPS) is 19.8. The lowest BCUT2D eigenvalue weighted by atomic mass is 10.2. The molecule has 1 saturated heterocycles. The molecule has 1 atom stereocenters. The van der Waals surface area contributed by atoms with Crippen molar-refractivity contribution in [2.24, 2.45) is 0 Å². The second-order valence-electron chi connectivity index (χ2n) is 5.15. The van der Waals surface area contributed by atoms with E-state index in [1.54, 1.807) is 0 Å². The third kappa shape index (κ3) is 2.72. The van der Waals surface area contributed by atoms with E-state index in [1.807, 2.05) is 6.92 Å². The Morgan fingerprint density at radius 2 is 2.15 bits per heavy atom. The van der Waals surface area contributed by atoms with Crippen LogP contribution in [0.25, 0.3) is 0 Å². The van der Waals surface area contributed by atoms with Gasteiger partial charge in [-0.1, -0.05) is 17.2 Å². The Balaban J connectivity index is 1.69. The van der Waals surface area contributed by atoms with Gasteiger partial charge in [0.05, 0.1) is 12.6 Å². The molecule has 7 nitrogen and oxygen atoms in total. The first-order valence-corrected chi connectivity index (χ1v) is 7.12. The number of likely N-dealkylation sites (tertiary alicyclic amines) is 1. The minimum Gasteiger partial charge on any atom is -0.340 e. The maximum atomic E-state index is 5.30. The largest absolute Gasteiger partial charge is 0.340 e. The summed E-state index contributed by atoms with van der Waals surface area (Å²) < 4.78 is 10.4. The van der Waals surface area contributed by atoms with E-state index in [0.29, 0.717) is 18.3 Å². The molecule has 0 aromatic carbocycles. The van der Waals surface area contributed by atoms with Gasteiger partial charge in [0, 0.05) is 13.3 Å². The van der Waals surface area contributed by atoms with Crippen LogP contribution in [0, 0.1) is 6.92 Å². The molecule has 3 rings (SSSR count). The van der Waals surface area contributed by atoms with E-state index in [2.05, 4.69) is 32.1 Å². The van der Waals surface area contributed by atoms with Crippen molar-refractivity contribution in [1.82, 2.24) is 25.2 Å². The molecule has 1 fully saturated rings. The maximum Gasteiger partial charge on any atom is 0.240 e. The fraction of sp³-hybridized carbons (Fsp3) is 0.692. The zero-order chi connectivity index (χ0) is 13.9. The summed E-state index contributed by atoms with van der Waals surface area (Å²) >= 11 is 0. The summed E-state index contributed by atoms with van der Waals surface area (Å²) in [5, 5.41) is 8.02. The van der Waals surface area contributed by atoms with Gasteiger partial charge in [-0.2, -0.15) is 9.97 Å². The predicted molar refractivity (Wildman–Crippen MR) is 69.7 cm³/mol. The molecule has 7 heteroatoms. The average molecular weight is 277 g/mol. The van der Waals surface area contributed by atoms with Gasteiger partial charge in [0.15, 0.2) is 11.6 Å². The second kappa shape index (κ2) is 5.70. The number of rotatable bonds is 5. The highest BCUT2D eigenvalue weighted by molar-refractivity contribution is 4.98. The van der Waals surface area contributed by atoms with Crippen molar-refractivity contribution in [3.63, 3.8) is 0 Å². The Labute approximate surface area is 117 Å². The summed E-state index contributed by atoms with van der Waals surface area (Å²) in [4.78, 5) is 11.0. The Morgan fingerprint density at radius 3 is 2.90 bits per heavy atom. The molecule has 0 bridgehead atoms. The van der Waals surface area contributed by atoms with Gasteiger partial charge in [-0.3, -0.25) is 4.90 Å². The van der Waals surface area contributed by atoms with Gasteiger partial charge in [-0.15, -0.1) is 0 Å². The summed E-state index contributed by atoms with van der Waals surface area (Å²) in [7, 11) is 0. The smallest absolute Gasteiger partial charge is 0.240 e. The molecule has 0 unspecified atom stereocenters. The molecular weight excluding hydrogens is 258 g/mol. The minimum absolute atomic E-state index is 0.189. The fourth-order valence-electron chi connectivity index (χ4n) is 2.61. The van der Waals surface area contributed by atoms with Crippen LogP contribution in [-0.2, 0) is 13.0 Å². The van der Waals surface area contributed by atoms with Gasteiger partial charge < -0.3 is 9.05 Å². The van der Waals surface area contributed by atoms with E-state index in [4.69, 9.17) is 9.05 Å². The lowest BCUT2D eigenvalue weighted by Gasteiger charge is -2.19. The zero-order valence-corrected chi connectivity index (χ0v) is 11.9. The van der Waals surface area contributed by atoms with Crippen LogP contribution >= 0.6 is 0 Å². The Morgan fingerprint density at radius 1 is 1.25 bits per heavy atom. The lowest BCUT2D eigenvalue weighted by molar-refractivity contribution is 0.202. The Bertz CT molecular complexity index is 565. The third-order valence-electron chi connectivity index (χ3n) is 3.53. The third-order valence-corrected chi connectivity index (χ3v) is 3.53. The van der Waals surface area contributed by atoms with E-state index in [0.717, 1.165) is 43.9 Å². The highest BCUT2D eigenvalue weighted by Crippen LogP contribution is 2.31. The van der Waals surface area contributed by atoms with Gasteiger partial charge in [-0.25, -0.2) is 0 Å². The van der Waals surface area contributed by atoms with Crippen LogP contribution in [0.5, 0.6) is 0 Å². The molecular formula is C13H19N5O2. The topological polar surface area (TPSA) is 81.1 Å². The Hall–Kier alpha value is -1.76. The molecule has 20 heavy (non-hydrogen) atoms. The maximum absolute atomic E-state index is 5.30. The molecule has 0 aliphatic carbocycles. The summed E-state index contributed by atoms with van der Waals surface area (Å²) in [6.07, 6.45) is 4.04. The lowest BCUT2D eigenvalue weighted by Crippen LogP contribution is -2.23. The van der Waals surface area contributed by atoms with Crippen LogP contribution in [0.2, 0.25) is 0 Å². The van der Waals surface area contributed by atoms with Crippen molar-refractivity contribution in [3.8, 4) is 0 Å². The summed E-state index contributed by atoms with van der Waals surface area (Å²) in [6.45, 7) is 5.55. The van der Waals surface area contributed by atoms with E-state index >= 15 is 0 Å². The summed E-state index contributed by atoms with van der Waals surface area (Å²) in [5.74, 6) is 2.82. The summed E-state index contributed by atoms with van der Waals surface area (Å²) in [5.41, 5.74) is 0. The zero-order valence-electron chi connectivity index (χ0n) is 11.9. The highest BCUT2D eigenvalue weighted by Gasteiger charge is 2.30. The van der Waals surface area contributed by atoms with Gasteiger partial charge in [-0.05, 0) is 25.8 Å². The molecule has 0 radical (unpaired) electrons. The molecule has 1 aliphatic heterocycles. The molecule has 0 N–H and O–H groups in total. The van der Waals surface area contributed by atoms with E-state index in [-0.39, 0.29) is 6.04 Å². The monoisotopic (exact) mass is 277 g/mol. The number of aryl methyl sites for hydroxylation is 2. The van der Waals surface area contributed by atoms with Crippen LogP contribution < -0.4 is 0 Å². The van der Waals surface area contributed by atoms with Crippen molar-refractivity contribution in [2.45, 2.75) is 52.1 Å². The molecule has 0 saturated carbocycles. The van der Waals surface area contributed by atoms with E-state index in [1.165, 1.54) is 0 Å². The molecule has 2 aromatic rings. The minimum atomic E-state index is 0.189. The quantitative estimate of drug-likeness (QED) is 0.827. The molecule has 3 heterocycles. The van der Waals surface area contributed by atoms with Crippen molar-refractivity contribution >= 4 is 0 Å². The predicted octanol–water partition coefficient (Wildman–Crippen LogP) is 2.05. The molecule has 0 spiro atoms. The van der Waals surface area contributed by atoms with Gasteiger partial charge in [0.25, 0.3) is 0 Å². The van der Waals surface area contributed by atoms with Crippen molar-refractivity contribution in [1.29, 1.82) is 0 Å². The standard InChI is InChI=1S/C13H19N5O2/c1-3-5-11-15-12(20-16-11)8-18-7-4-6-10(18)13-14-9(2)19-17-13/h10H,3-8H2,1-2H3/t10-/m0/s1. The first-order valence-electron chi connectivity index (χ1n) is 7.12. The van der Waals surface area contributed by atoms with Gasteiger partial charge in [0.2, 0.25) is 11.8 Å². The number of aromatic nitrogens is 4. The fourth-order valence-corrected chi connectivity index (χ4v) is 2.61. The number of hydrogen-bond acceptors (Lipinski definition) is 7. The van der Waals surface area contributed by atoms with E-state index in [9.17, 15) is 0 Å². The molecule has 0 amide bonds. The SMILES string of the molecule is CCCc1noc(CN2CCC[C@H]2c2noc(C)n2)n1. The Kier molecular flexibility index (Phi) is 3.77.